The summed E-state index contributed by atoms with van der Waals surface area (Å²) in [4.78, 5) is 11.1. The molecule has 5 nitrogen and oxygen atoms in total. The predicted octanol–water partition coefficient (Wildman–Crippen LogP) is 3.15. The monoisotopic (exact) mass is 391 g/mol. The van der Waals surface area contributed by atoms with Crippen LogP contribution in [0.5, 0.6) is 0 Å². The molecule has 0 bridgehead atoms. The van der Waals surface area contributed by atoms with Crippen molar-refractivity contribution in [2.45, 2.75) is 11.5 Å². The molecular formula is C15H12Cl2FNO4S. The number of carbonyl (C=O) groups excluding carboxylic acids is 1. The highest BCUT2D eigenvalue weighted by Crippen LogP contribution is 2.24. The summed E-state index contributed by atoms with van der Waals surface area (Å²) in [5, 5.41) is 0.643. The Balaban J connectivity index is 1.95. The van der Waals surface area contributed by atoms with E-state index in [1.54, 1.807) is 18.2 Å². The zero-order chi connectivity index (χ0) is 17.7. The molecule has 0 atom stereocenters. The van der Waals surface area contributed by atoms with E-state index >= 15 is 0 Å². The second-order valence-electron chi connectivity index (χ2n) is 4.62. The van der Waals surface area contributed by atoms with Gasteiger partial charge in [0.1, 0.15) is 23.9 Å². The fourth-order valence-corrected chi connectivity index (χ4v) is 3.32. The lowest BCUT2D eigenvalue weighted by atomic mass is 10.2. The van der Waals surface area contributed by atoms with Gasteiger partial charge in [-0.3, -0.25) is 4.79 Å². The fraction of sp³-hybridized carbons (Fsp3) is 0.133. The molecule has 9 heteroatoms. The van der Waals surface area contributed by atoms with Gasteiger partial charge in [0, 0.05) is 15.6 Å². The van der Waals surface area contributed by atoms with Crippen molar-refractivity contribution in [3.05, 3.63) is 63.9 Å². The minimum absolute atomic E-state index is 0.210. The molecule has 0 aliphatic carbocycles. The minimum Gasteiger partial charge on any atom is -0.460 e. The van der Waals surface area contributed by atoms with Crippen molar-refractivity contribution in [1.82, 2.24) is 4.72 Å². The number of hydrogen-bond donors (Lipinski definition) is 1. The van der Waals surface area contributed by atoms with Crippen LogP contribution in [-0.4, -0.2) is 20.9 Å². The summed E-state index contributed by atoms with van der Waals surface area (Å²) in [7, 11) is -4.16. The summed E-state index contributed by atoms with van der Waals surface area (Å²) >= 11 is 11.9. The Hall–Kier alpha value is -1.67. The Morgan fingerprint density at radius 3 is 2.33 bits per heavy atom. The van der Waals surface area contributed by atoms with E-state index in [2.05, 4.69) is 0 Å². The first-order valence-corrected chi connectivity index (χ1v) is 8.88. The summed E-state index contributed by atoms with van der Waals surface area (Å²) in [5.74, 6) is -1.77. The molecule has 0 fully saturated rings. The van der Waals surface area contributed by atoms with Gasteiger partial charge in [0.05, 0.1) is 0 Å². The third-order valence-corrected chi connectivity index (χ3v) is 5.11. The molecule has 0 unspecified atom stereocenters. The Kier molecular flexibility index (Phi) is 6.17. The Morgan fingerprint density at radius 2 is 1.71 bits per heavy atom. The van der Waals surface area contributed by atoms with Gasteiger partial charge in [-0.2, -0.15) is 4.72 Å². The van der Waals surface area contributed by atoms with E-state index < -0.39 is 33.3 Å². The van der Waals surface area contributed by atoms with Crippen LogP contribution in [0.4, 0.5) is 4.39 Å². The van der Waals surface area contributed by atoms with Crippen molar-refractivity contribution < 1.29 is 22.3 Å². The van der Waals surface area contributed by atoms with Crippen molar-refractivity contribution >= 4 is 39.2 Å². The number of rotatable bonds is 6. The van der Waals surface area contributed by atoms with E-state index in [4.69, 9.17) is 27.9 Å². The highest BCUT2D eigenvalue weighted by molar-refractivity contribution is 7.89. The van der Waals surface area contributed by atoms with Crippen molar-refractivity contribution in [3.63, 3.8) is 0 Å². The molecule has 0 saturated heterocycles. The van der Waals surface area contributed by atoms with Crippen LogP contribution in [0, 0.1) is 5.82 Å². The maximum absolute atomic E-state index is 13.5. The molecule has 0 spiro atoms. The normalized spacial score (nSPS) is 11.3. The van der Waals surface area contributed by atoms with Gasteiger partial charge >= 0.3 is 5.97 Å². The predicted molar refractivity (Wildman–Crippen MR) is 87.8 cm³/mol. The second-order valence-corrected chi connectivity index (χ2v) is 7.17. The maximum atomic E-state index is 13.5. The summed E-state index contributed by atoms with van der Waals surface area (Å²) < 4.78 is 44.3. The number of benzene rings is 2. The number of nitrogens with one attached hydrogen (secondary N) is 1. The van der Waals surface area contributed by atoms with Gasteiger partial charge in [0.15, 0.2) is 0 Å². The third-order valence-electron chi connectivity index (χ3n) is 2.97. The lowest BCUT2D eigenvalue weighted by Gasteiger charge is -2.10. The highest BCUT2D eigenvalue weighted by Gasteiger charge is 2.20. The van der Waals surface area contributed by atoms with Gasteiger partial charge in [0.25, 0.3) is 0 Å². The molecule has 1 N–H and O–H groups in total. The Bertz CT molecular complexity index is 838. The molecule has 2 aromatic carbocycles. The minimum atomic E-state index is -4.16. The van der Waals surface area contributed by atoms with Gasteiger partial charge in [0.2, 0.25) is 10.0 Å². The van der Waals surface area contributed by atoms with Crippen LogP contribution < -0.4 is 4.72 Å². The number of halogens is 3. The smallest absolute Gasteiger partial charge is 0.321 e. The zero-order valence-corrected chi connectivity index (χ0v) is 14.5. The number of esters is 1. The van der Waals surface area contributed by atoms with Crippen LogP contribution in [0.2, 0.25) is 10.0 Å². The molecule has 0 heterocycles. The van der Waals surface area contributed by atoms with Crippen LogP contribution >= 0.6 is 23.2 Å². The molecule has 0 aliphatic heterocycles. The average Bonchev–Trinajstić information content (AvgIpc) is 2.53. The lowest BCUT2D eigenvalue weighted by Crippen LogP contribution is -2.31. The van der Waals surface area contributed by atoms with E-state index in [0.717, 1.165) is 12.1 Å². The van der Waals surface area contributed by atoms with E-state index in [0.29, 0.717) is 15.6 Å². The van der Waals surface area contributed by atoms with E-state index in [9.17, 15) is 17.6 Å². The van der Waals surface area contributed by atoms with Crippen LogP contribution in [0.3, 0.4) is 0 Å². The standard InChI is InChI=1S/C15H12Cl2FNO4S/c16-11-4-3-5-12(17)10(11)9-23-15(20)8-19-24(21,22)14-7-2-1-6-13(14)18/h1-7,19H,8-9H2. The molecule has 0 radical (unpaired) electrons. The molecule has 24 heavy (non-hydrogen) atoms. The first kappa shape index (κ1) is 18.7. The molecule has 0 aromatic heterocycles. The van der Waals surface area contributed by atoms with Crippen molar-refractivity contribution in [2.75, 3.05) is 6.54 Å². The Morgan fingerprint density at radius 1 is 1.08 bits per heavy atom. The molecular weight excluding hydrogens is 380 g/mol. The van der Waals surface area contributed by atoms with Gasteiger partial charge in [-0.15, -0.1) is 0 Å². The number of hydrogen-bond acceptors (Lipinski definition) is 4. The summed E-state index contributed by atoms with van der Waals surface area (Å²) in [6, 6.07) is 9.62. The van der Waals surface area contributed by atoms with Crippen LogP contribution in [0.1, 0.15) is 5.56 Å². The van der Waals surface area contributed by atoms with Gasteiger partial charge in [-0.25, -0.2) is 12.8 Å². The van der Waals surface area contributed by atoms with E-state index in [-0.39, 0.29) is 6.61 Å². The summed E-state index contributed by atoms with van der Waals surface area (Å²) in [6.45, 7) is -0.864. The van der Waals surface area contributed by atoms with Crippen LogP contribution in [0.15, 0.2) is 47.4 Å². The average molecular weight is 392 g/mol. The van der Waals surface area contributed by atoms with Crippen LogP contribution in [0.25, 0.3) is 0 Å². The fourth-order valence-electron chi connectivity index (χ4n) is 1.77. The third kappa shape index (κ3) is 4.67. The second kappa shape index (κ2) is 7.94. The van der Waals surface area contributed by atoms with Crippen molar-refractivity contribution in [2.24, 2.45) is 0 Å². The highest BCUT2D eigenvalue weighted by atomic mass is 35.5. The van der Waals surface area contributed by atoms with Crippen molar-refractivity contribution in [3.8, 4) is 0 Å². The van der Waals surface area contributed by atoms with Gasteiger partial charge in [-0.1, -0.05) is 41.4 Å². The molecule has 0 aliphatic rings. The largest absolute Gasteiger partial charge is 0.460 e. The molecule has 0 saturated carbocycles. The van der Waals surface area contributed by atoms with E-state index in [1.165, 1.54) is 12.1 Å². The molecule has 128 valence electrons. The Labute approximate surface area is 148 Å². The lowest BCUT2D eigenvalue weighted by molar-refractivity contribution is -0.143. The molecule has 0 amide bonds. The number of sulfonamides is 1. The maximum Gasteiger partial charge on any atom is 0.321 e. The van der Waals surface area contributed by atoms with Gasteiger partial charge in [-0.05, 0) is 24.3 Å². The van der Waals surface area contributed by atoms with Crippen LogP contribution in [-0.2, 0) is 26.2 Å². The summed E-state index contributed by atoms with van der Waals surface area (Å²) in [5.41, 5.74) is 0.408. The number of ether oxygens (including phenoxy) is 1. The van der Waals surface area contributed by atoms with Crippen molar-refractivity contribution in [1.29, 1.82) is 0 Å². The SMILES string of the molecule is O=C(CNS(=O)(=O)c1ccccc1F)OCc1c(Cl)cccc1Cl. The first-order chi connectivity index (χ1) is 11.3. The quantitative estimate of drug-likeness (QED) is 0.767. The topological polar surface area (TPSA) is 72.5 Å². The molecule has 2 aromatic rings. The molecule has 2 rings (SSSR count). The summed E-state index contributed by atoms with van der Waals surface area (Å²) in [6.07, 6.45) is 0. The zero-order valence-electron chi connectivity index (χ0n) is 12.1. The van der Waals surface area contributed by atoms with E-state index in [1.807, 2.05) is 4.72 Å². The van der Waals surface area contributed by atoms with Gasteiger partial charge < -0.3 is 4.74 Å². The first-order valence-electron chi connectivity index (χ1n) is 6.64. The number of carbonyl (C=O) groups is 1.